The number of aldehydes is 1. The lowest BCUT2D eigenvalue weighted by molar-refractivity contribution is -0.136. The van der Waals surface area contributed by atoms with Crippen molar-refractivity contribution in [1.29, 1.82) is 0 Å². The highest BCUT2D eigenvalue weighted by atomic mass is 32.2. The number of carbonyl (C=O) groups is 4. The monoisotopic (exact) mass is 826 g/mol. The topological polar surface area (TPSA) is 158 Å². The number of fused-ring (bicyclic) bond motifs is 2. The standard InChI is InChI=1S/C43H58N10O5S/c1-27-7-6-9-31(27)48(2)39-30(43(26-54)18-19-43)24-44-41(47-39)45-29-15-20-50(21-16-29)59-52-25-36-32(52)17-22-51(36)38(56)10-5-4-8-28-11-12-33-35(23-28)49(3)42(58)53(33)34-13-14-37(55)46-40(34)57/h11-12,23-24,26-27,29,31-32,34,36H,4-10,13-22,25H2,1-3H3,(H,44,45,47)(H,46,55,57). The third-order valence-electron chi connectivity index (χ3n) is 14.3. The molecular formula is C43H58N10O5S. The van der Waals surface area contributed by atoms with Gasteiger partial charge in [0.25, 0.3) is 0 Å². The number of piperidine rings is 2. The number of amides is 3. The zero-order chi connectivity index (χ0) is 41.0. The fourth-order valence-corrected chi connectivity index (χ4v) is 11.7. The summed E-state index contributed by atoms with van der Waals surface area (Å²) in [6.07, 6.45) is 14.9. The molecule has 59 heavy (non-hydrogen) atoms. The van der Waals surface area contributed by atoms with Gasteiger partial charge in [0.15, 0.2) is 0 Å². The number of hydrogen-bond acceptors (Lipinski definition) is 12. The first-order chi connectivity index (χ1) is 28.5. The van der Waals surface area contributed by atoms with E-state index in [-0.39, 0.29) is 30.0 Å². The van der Waals surface area contributed by atoms with Crippen molar-refractivity contribution in [3.8, 4) is 0 Å². The van der Waals surface area contributed by atoms with Gasteiger partial charge < -0.3 is 19.9 Å². The highest BCUT2D eigenvalue weighted by molar-refractivity contribution is 7.94. The molecule has 4 saturated heterocycles. The third-order valence-corrected chi connectivity index (χ3v) is 15.5. The Bertz CT molecular complexity index is 2180. The highest BCUT2D eigenvalue weighted by Crippen LogP contribution is 2.50. The molecule has 2 N–H and O–H groups in total. The number of imide groups is 1. The molecule has 3 aromatic rings. The lowest BCUT2D eigenvalue weighted by atomic mass is 9.98. The minimum absolute atomic E-state index is 0.211. The van der Waals surface area contributed by atoms with E-state index in [1.807, 2.05) is 36.5 Å². The molecule has 5 atom stereocenters. The molecule has 3 amide bonds. The first-order valence-electron chi connectivity index (χ1n) is 21.9. The van der Waals surface area contributed by atoms with Crippen LogP contribution in [0.25, 0.3) is 11.0 Å². The molecule has 1 aromatic carbocycles. The number of unbranched alkanes of at least 4 members (excludes halogenated alkanes) is 1. The van der Waals surface area contributed by atoms with Crippen molar-refractivity contribution in [2.24, 2.45) is 13.0 Å². The SMILES string of the molecule is CC1CCCC1N(C)c1nc(NC2CCN(SN3CC4C3CCN4C(=O)CCCCc3ccc4c(c3)n(C)c(=O)n4C3CCC(=O)NC3=O)CC2)ncc1C1(C=O)CC1. The molecule has 6 heterocycles. The maximum absolute atomic E-state index is 13.4. The Labute approximate surface area is 349 Å². The summed E-state index contributed by atoms with van der Waals surface area (Å²) in [5.74, 6) is 1.68. The highest BCUT2D eigenvalue weighted by Gasteiger charge is 2.50. The van der Waals surface area contributed by atoms with Gasteiger partial charge in [-0.25, -0.2) is 18.4 Å². The second-order valence-corrected chi connectivity index (χ2v) is 19.2. The molecule has 0 radical (unpaired) electrons. The Morgan fingerprint density at radius 1 is 1.03 bits per heavy atom. The summed E-state index contributed by atoms with van der Waals surface area (Å²) >= 11 is 1.85. The summed E-state index contributed by atoms with van der Waals surface area (Å²) < 4.78 is 8.01. The number of hydrogen-bond donors (Lipinski definition) is 2. The van der Waals surface area contributed by atoms with Crippen molar-refractivity contribution in [2.45, 2.75) is 132 Å². The second kappa shape index (κ2) is 16.3. The average molecular weight is 827 g/mol. The van der Waals surface area contributed by atoms with E-state index < -0.39 is 17.4 Å². The molecule has 5 unspecified atom stereocenters. The van der Waals surface area contributed by atoms with Crippen molar-refractivity contribution in [3.05, 3.63) is 46.0 Å². The fraction of sp³-hybridized carbons (Fsp3) is 0.651. The Morgan fingerprint density at radius 2 is 1.85 bits per heavy atom. The van der Waals surface area contributed by atoms with Gasteiger partial charge in [-0.2, -0.15) is 4.98 Å². The predicted octanol–water partition coefficient (Wildman–Crippen LogP) is 4.10. The maximum atomic E-state index is 13.4. The van der Waals surface area contributed by atoms with Crippen LogP contribution in [0.3, 0.4) is 0 Å². The van der Waals surface area contributed by atoms with Crippen LogP contribution in [0.5, 0.6) is 0 Å². The lowest BCUT2D eigenvalue weighted by Gasteiger charge is -2.47. The van der Waals surface area contributed by atoms with Crippen LogP contribution in [-0.4, -0.2) is 114 Å². The first kappa shape index (κ1) is 40.1. The van der Waals surface area contributed by atoms with Gasteiger partial charge in [0.1, 0.15) is 18.1 Å². The van der Waals surface area contributed by atoms with Crippen molar-refractivity contribution in [1.82, 2.24) is 37.9 Å². The Morgan fingerprint density at radius 3 is 2.58 bits per heavy atom. The van der Waals surface area contributed by atoms with E-state index in [0.717, 1.165) is 113 Å². The molecule has 316 valence electrons. The van der Waals surface area contributed by atoms with Gasteiger partial charge in [-0.15, -0.1) is 0 Å². The summed E-state index contributed by atoms with van der Waals surface area (Å²) in [5, 5.41) is 6.00. The molecule has 15 nitrogen and oxygen atoms in total. The molecule has 16 heteroatoms. The molecule has 9 rings (SSSR count). The minimum Gasteiger partial charge on any atom is -0.356 e. The molecule has 2 aliphatic carbocycles. The molecule has 6 aliphatic rings. The van der Waals surface area contributed by atoms with Gasteiger partial charge in [-0.1, -0.05) is 19.4 Å². The molecule has 6 fully saturated rings. The van der Waals surface area contributed by atoms with Gasteiger partial charge in [0, 0.05) is 95.1 Å². The third kappa shape index (κ3) is 7.69. The number of imidazole rings is 1. The molecule has 0 bridgehead atoms. The zero-order valence-electron chi connectivity index (χ0n) is 34.6. The number of benzene rings is 1. The van der Waals surface area contributed by atoms with Crippen molar-refractivity contribution < 1.29 is 19.2 Å². The number of aryl methyl sites for hydroxylation is 2. The van der Waals surface area contributed by atoms with E-state index in [9.17, 15) is 24.0 Å². The van der Waals surface area contributed by atoms with E-state index in [2.05, 4.69) is 43.0 Å². The van der Waals surface area contributed by atoms with Gasteiger partial charge >= 0.3 is 5.69 Å². The van der Waals surface area contributed by atoms with E-state index >= 15 is 0 Å². The van der Waals surface area contributed by atoms with Crippen LogP contribution in [0.1, 0.15) is 108 Å². The maximum Gasteiger partial charge on any atom is 0.329 e. The van der Waals surface area contributed by atoms with E-state index in [1.54, 1.807) is 11.6 Å². The number of nitrogens with zero attached hydrogens (tertiary/aromatic N) is 8. The van der Waals surface area contributed by atoms with E-state index in [4.69, 9.17) is 9.97 Å². The van der Waals surface area contributed by atoms with Crippen LogP contribution in [0, 0.1) is 5.92 Å². The Hall–Kier alpha value is -4.28. The first-order valence-corrected chi connectivity index (χ1v) is 22.6. The molecular weight excluding hydrogens is 769 g/mol. The predicted molar refractivity (Wildman–Crippen MR) is 227 cm³/mol. The Balaban J connectivity index is 0.717. The van der Waals surface area contributed by atoms with Crippen LogP contribution in [0.2, 0.25) is 0 Å². The normalized spacial score (nSPS) is 27.1. The zero-order valence-corrected chi connectivity index (χ0v) is 35.4. The van der Waals surface area contributed by atoms with Crippen molar-refractivity contribution in [3.63, 3.8) is 0 Å². The summed E-state index contributed by atoms with van der Waals surface area (Å²) in [7, 11) is 3.85. The largest absolute Gasteiger partial charge is 0.356 e. The smallest absolute Gasteiger partial charge is 0.329 e. The lowest BCUT2D eigenvalue weighted by Crippen LogP contribution is -2.60. The van der Waals surface area contributed by atoms with Crippen molar-refractivity contribution in [2.75, 3.05) is 43.4 Å². The Kier molecular flexibility index (Phi) is 11.1. The number of nitrogens with one attached hydrogen (secondary N) is 2. The molecule has 2 saturated carbocycles. The van der Waals surface area contributed by atoms with Crippen LogP contribution in [0.15, 0.2) is 29.2 Å². The van der Waals surface area contributed by atoms with Crippen LogP contribution >= 0.6 is 12.1 Å². The second-order valence-electron chi connectivity index (χ2n) is 18.0. The van der Waals surface area contributed by atoms with Gasteiger partial charge in [0.05, 0.1) is 22.5 Å². The summed E-state index contributed by atoms with van der Waals surface area (Å²) in [4.78, 5) is 77.1. The van der Waals surface area contributed by atoms with Crippen LogP contribution < -0.4 is 21.2 Å². The minimum atomic E-state index is -0.698. The number of rotatable bonds is 14. The summed E-state index contributed by atoms with van der Waals surface area (Å²) in [6, 6.07) is 6.61. The van der Waals surface area contributed by atoms with Crippen LogP contribution in [-0.2, 0) is 38.1 Å². The van der Waals surface area contributed by atoms with Crippen molar-refractivity contribution >= 4 is 58.9 Å². The van der Waals surface area contributed by atoms with Gasteiger partial charge in [-0.3, -0.25) is 28.8 Å². The fourth-order valence-electron chi connectivity index (χ4n) is 10.4. The number of anilines is 2. The number of likely N-dealkylation sites (tertiary alicyclic amines) is 1. The van der Waals surface area contributed by atoms with Gasteiger partial charge in [-0.05, 0) is 94.2 Å². The quantitative estimate of drug-likeness (QED) is 0.104. The molecule has 4 aliphatic heterocycles. The average Bonchev–Trinajstić information content (AvgIpc) is 3.69. The number of aromatic nitrogens is 4. The van der Waals surface area contributed by atoms with Crippen LogP contribution in [0.4, 0.5) is 11.8 Å². The van der Waals surface area contributed by atoms with E-state index in [0.29, 0.717) is 48.4 Å². The molecule has 0 spiro atoms. The van der Waals surface area contributed by atoms with Gasteiger partial charge in [0.2, 0.25) is 23.7 Å². The summed E-state index contributed by atoms with van der Waals surface area (Å²) in [5.41, 5.74) is 2.82. The number of carbonyl (C=O) groups excluding carboxylic acids is 4. The summed E-state index contributed by atoms with van der Waals surface area (Å²) in [6.45, 7) is 5.97. The van der Waals surface area contributed by atoms with E-state index in [1.165, 1.54) is 17.4 Å². The molecule has 2 aromatic heterocycles.